The van der Waals surface area contributed by atoms with E-state index in [1.165, 1.54) is 24.8 Å². The average molecular weight is 296 g/mol. The van der Waals surface area contributed by atoms with Gasteiger partial charge in [0.1, 0.15) is 0 Å². The van der Waals surface area contributed by atoms with Crippen LogP contribution in [-0.4, -0.2) is 26.8 Å². The molecule has 1 aliphatic carbocycles. The second-order valence-corrected chi connectivity index (χ2v) is 7.29. The molecule has 0 aromatic heterocycles. The van der Waals surface area contributed by atoms with Crippen LogP contribution in [0.15, 0.2) is 24.3 Å². The first-order chi connectivity index (χ1) is 9.59. The first-order valence-electron chi connectivity index (χ1n) is 7.42. The molecule has 0 saturated heterocycles. The van der Waals surface area contributed by atoms with Crippen molar-refractivity contribution in [3.05, 3.63) is 29.8 Å². The first-order valence-corrected chi connectivity index (χ1v) is 9.07. The van der Waals surface area contributed by atoms with Crippen LogP contribution in [0.4, 0.5) is 5.69 Å². The number of unbranched alkanes of at least 4 members (excludes halogenated alkanes) is 1. The van der Waals surface area contributed by atoms with Gasteiger partial charge in [-0.1, -0.05) is 25.5 Å². The zero-order valence-electron chi connectivity index (χ0n) is 12.1. The number of hydrogen-bond donors (Lipinski definition) is 2. The number of nitrogens with one attached hydrogen (secondary N) is 2. The van der Waals surface area contributed by atoms with E-state index in [-0.39, 0.29) is 5.75 Å². The number of anilines is 1. The Bertz CT molecular complexity index is 507. The van der Waals surface area contributed by atoms with Crippen LogP contribution in [0.2, 0.25) is 0 Å². The van der Waals surface area contributed by atoms with Crippen molar-refractivity contribution in [2.24, 2.45) is 0 Å². The number of benzene rings is 1. The highest BCUT2D eigenvalue weighted by Crippen LogP contribution is 2.18. The van der Waals surface area contributed by atoms with Gasteiger partial charge in [0.2, 0.25) is 10.0 Å². The Morgan fingerprint density at radius 1 is 1.20 bits per heavy atom. The third-order valence-electron chi connectivity index (χ3n) is 3.43. The molecule has 0 unspecified atom stereocenters. The summed E-state index contributed by atoms with van der Waals surface area (Å²) in [4.78, 5) is 0. The van der Waals surface area contributed by atoms with Crippen LogP contribution in [0.1, 0.15) is 38.2 Å². The van der Waals surface area contributed by atoms with Gasteiger partial charge in [-0.3, -0.25) is 4.72 Å². The molecule has 0 bridgehead atoms. The van der Waals surface area contributed by atoms with Crippen LogP contribution >= 0.6 is 0 Å². The molecule has 20 heavy (non-hydrogen) atoms. The van der Waals surface area contributed by atoms with Crippen LogP contribution < -0.4 is 10.0 Å². The monoisotopic (exact) mass is 296 g/mol. The van der Waals surface area contributed by atoms with E-state index in [9.17, 15) is 8.42 Å². The molecular weight excluding hydrogens is 272 g/mol. The molecule has 0 atom stereocenters. The Balaban J connectivity index is 1.80. The predicted octanol–water partition coefficient (Wildman–Crippen LogP) is 2.52. The summed E-state index contributed by atoms with van der Waals surface area (Å²) in [5.41, 5.74) is 1.90. The molecule has 1 aromatic rings. The zero-order valence-corrected chi connectivity index (χ0v) is 12.9. The minimum atomic E-state index is -3.24. The molecule has 4 nitrogen and oxygen atoms in total. The van der Waals surface area contributed by atoms with Crippen LogP contribution in [-0.2, 0) is 16.4 Å². The highest BCUT2D eigenvalue weighted by molar-refractivity contribution is 7.92. The Morgan fingerprint density at radius 2 is 1.90 bits per heavy atom. The molecule has 0 heterocycles. The van der Waals surface area contributed by atoms with E-state index in [0.717, 1.165) is 12.8 Å². The maximum Gasteiger partial charge on any atom is 0.233 e. The van der Waals surface area contributed by atoms with E-state index >= 15 is 0 Å². The highest BCUT2D eigenvalue weighted by atomic mass is 32.2. The van der Waals surface area contributed by atoms with Gasteiger partial charge in [-0.05, 0) is 43.4 Å². The van der Waals surface area contributed by atoms with Gasteiger partial charge in [0.15, 0.2) is 0 Å². The molecular formula is C15H24N2O2S. The van der Waals surface area contributed by atoms with Gasteiger partial charge in [-0.15, -0.1) is 0 Å². The Kier molecular flexibility index (Phi) is 5.43. The highest BCUT2D eigenvalue weighted by Gasteiger charge is 2.21. The second kappa shape index (κ2) is 7.09. The van der Waals surface area contributed by atoms with Crippen molar-refractivity contribution in [1.82, 2.24) is 5.32 Å². The van der Waals surface area contributed by atoms with Crippen LogP contribution in [0.5, 0.6) is 0 Å². The molecule has 2 N–H and O–H groups in total. The van der Waals surface area contributed by atoms with Gasteiger partial charge in [-0.25, -0.2) is 8.42 Å². The molecule has 0 aliphatic heterocycles. The molecule has 112 valence electrons. The first kappa shape index (κ1) is 15.3. The van der Waals surface area contributed by atoms with E-state index in [1.54, 1.807) is 0 Å². The summed E-state index contributed by atoms with van der Waals surface area (Å²) < 4.78 is 26.4. The standard InChI is InChI=1S/C15H24N2O2S/c1-2-3-4-13-5-7-15(8-6-13)17-20(18,19)12-11-16-14-9-10-14/h5-8,14,16-17H,2-4,9-12H2,1H3. The van der Waals surface area contributed by atoms with Crippen molar-refractivity contribution in [3.8, 4) is 0 Å². The van der Waals surface area contributed by atoms with Gasteiger partial charge in [0, 0.05) is 18.3 Å². The predicted molar refractivity (Wildman–Crippen MR) is 83.5 cm³/mol. The summed E-state index contributed by atoms with van der Waals surface area (Å²) in [5.74, 6) is 0.126. The molecule has 5 heteroatoms. The number of aryl methyl sites for hydroxylation is 1. The number of hydrogen-bond acceptors (Lipinski definition) is 3. The summed E-state index contributed by atoms with van der Waals surface area (Å²) >= 11 is 0. The largest absolute Gasteiger partial charge is 0.313 e. The second-order valence-electron chi connectivity index (χ2n) is 5.45. The van der Waals surface area contributed by atoms with E-state index in [2.05, 4.69) is 17.0 Å². The van der Waals surface area contributed by atoms with Crippen LogP contribution in [0.3, 0.4) is 0 Å². The fraction of sp³-hybridized carbons (Fsp3) is 0.600. The lowest BCUT2D eigenvalue weighted by Crippen LogP contribution is -2.27. The quantitative estimate of drug-likeness (QED) is 0.736. The van der Waals surface area contributed by atoms with E-state index in [4.69, 9.17) is 0 Å². The van der Waals surface area contributed by atoms with Crippen LogP contribution in [0.25, 0.3) is 0 Å². The molecule has 2 rings (SSSR count). The van der Waals surface area contributed by atoms with Crippen molar-refractivity contribution in [2.75, 3.05) is 17.0 Å². The van der Waals surface area contributed by atoms with Crippen molar-refractivity contribution in [1.29, 1.82) is 0 Å². The summed E-state index contributed by atoms with van der Waals surface area (Å²) in [6.45, 7) is 2.69. The fourth-order valence-electron chi connectivity index (χ4n) is 2.04. The minimum Gasteiger partial charge on any atom is -0.313 e. The number of rotatable bonds is 9. The lowest BCUT2D eigenvalue weighted by Gasteiger charge is -2.09. The van der Waals surface area contributed by atoms with Crippen molar-refractivity contribution in [3.63, 3.8) is 0 Å². The van der Waals surface area contributed by atoms with E-state index < -0.39 is 10.0 Å². The van der Waals surface area contributed by atoms with Gasteiger partial charge >= 0.3 is 0 Å². The Morgan fingerprint density at radius 3 is 2.50 bits per heavy atom. The molecule has 1 saturated carbocycles. The average Bonchev–Trinajstić information content (AvgIpc) is 3.21. The maximum atomic E-state index is 11.9. The summed E-state index contributed by atoms with van der Waals surface area (Å²) in [6, 6.07) is 8.22. The maximum absolute atomic E-state index is 11.9. The molecule has 0 spiro atoms. The van der Waals surface area contributed by atoms with Gasteiger partial charge in [0.25, 0.3) is 0 Å². The Hall–Kier alpha value is -1.07. The number of sulfonamides is 1. The van der Waals surface area contributed by atoms with Gasteiger partial charge in [0.05, 0.1) is 5.75 Å². The normalized spacial score (nSPS) is 15.2. The van der Waals surface area contributed by atoms with Crippen molar-refractivity contribution >= 4 is 15.7 Å². The molecule has 1 aromatic carbocycles. The zero-order chi connectivity index (χ0) is 14.4. The smallest absolute Gasteiger partial charge is 0.233 e. The lowest BCUT2D eigenvalue weighted by molar-refractivity contribution is 0.595. The minimum absolute atomic E-state index is 0.126. The third-order valence-corrected chi connectivity index (χ3v) is 4.72. The van der Waals surface area contributed by atoms with Crippen molar-refractivity contribution < 1.29 is 8.42 Å². The van der Waals surface area contributed by atoms with E-state index in [1.807, 2.05) is 24.3 Å². The van der Waals surface area contributed by atoms with Crippen molar-refractivity contribution in [2.45, 2.75) is 45.1 Å². The molecule has 1 fully saturated rings. The Labute approximate surface area is 122 Å². The summed E-state index contributed by atoms with van der Waals surface area (Å²) in [7, 11) is -3.24. The molecule has 0 radical (unpaired) electrons. The summed E-state index contributed by atoms with van der Waals surface area (Å²) in [6.07, 6.45) is 5.73. The fourth-order valence-corrected chi connectivity index (χ4v) is 3.02. The van der Waals surface area contributed by atoms with E-state index in [0.29, 0.717) is 18.3 Å². The lowest BCUT2D eigenvalue weighted by atomic mass is 10.1. The molecule has 1 aliphatic rings. The summed E-state index contributed by atoms with van der Waals surface area (Å²) in [5, 5.41) is 3.21. The molecule has 0 amide bonds. The topological polar surface area (TPSA) is 58.2 Å². The van der Waals surface area contributed by atoms with Crippen LogP contribution in [0, 0.1) is 0 Å². The SMILES string of the molecule is CCCCc1ccc(NS(=O)(=O)CCNC2CC2)cc1. The third kappa shape index (κ3) is 5.51. The van der Waals surface area contributed by atoms with Gasteiger partial charge < -0.3 is 5.32 Å². The van der Waals surface area contributed by atoms with Gasteiger partial charge in [-0.2, -0.15) is 0 Å².